The zero-order valence-electron chi connectivity index (χ0n) is 13.8. The number of nitrogen functional groups attached to an aromatic ring is 1. The summed E-state index contributed by atoms with van der Waals surface area (Å²) >= 11 is 0. The van der Waals surface area contributed by atoms with Gasteiger partial charge in [-0.05, 0) is 57.7 Å². The molecule has 21 heavy (non-hydrogen) atoms. The molecule has 0 aromatic heterocycles. The third kappa shape index (κ3) is 3.65. The number of Topliss-reactive ketones (excluding diaryl/α,β-unsaturated/α-hetero) is 1. The first-order valence-corrected chi connectivity index (χ1v) is 7.69. The molecule has 0 amide bonds. The van der Waals surface area contributed by atoms with Gasteiger partial charge in [0, 0.05) is 18.0 Å². The monoisotopic (exact) mass is 289 g/mol. The summed E-state index contributed by atoms with van der Waals surface area (Å²) < 4.78 is 6.04. The highest BCUT2D eigenvalue weighted by Gasteiger charge is 2.48. The fourth-order valence-electron chi connectivity index (χ4n) is 3.45. The van der Waals surface area contributed by atoms with E-state index < -0.39 is 0 Å². The summed E-state index contributed by atoms with van der Waals surface area (Å²) in [5, 5.41) is 0. The fourth-order valence-corrected chi connectivity index (χ4v) is 3.45. The number of ether oxygens (including phenoxy) is 1. The quantitative estimate of drug-likeness (QED) is 0.855. The topological polar surface area (TPSA) is 52.3 Å². The molecule has 1 aliphatic heterocycles. The van der Waals surface area contributed by atoms with Crippen LogP contribution in [0.3, 0.4) is 0 Å². The second-order valence-electron chi connectivity index (χ2n) is 7.46. The Bertz CT molecular complexity index is 517. The first-order valence-electron chi connectivity index (χ1n) is 7.69. The Morgan fingerprint density at radius 1 is 1.29 bits per heavy atom. The molecule has 0 aliphatic carbocycles. The zero-order chi connectivity index (χ0) is 15.8. The minimum Gasteiger partial charge on any atom is -0.399 e. The van der Waals surface area contributed by atoms with Gasteiger partial charge in [0.1, 0.15) is 5.78 Å². The molecule has 2 atom stereocenters. The van der Waals surface area contributed by atoms with Gasteiger partial charge in [0.2, 0.25) is 0 Å². The third-order valence-electron chi connectivity index (χ3n) is 4.48. The van der Waals surface area contributed by atoms with E-state index in [-0.39, 0.29) is 23.0 Å². The summed E-state index contributed by atoms with van der Waals surface area (Å²) in [7, 11) is 0. The predicted octanol–water partition coefficient (Wildman–Crippen LogP) is 3.93. The highest BCUT2D eigenvalue weighted by Crippen LogP contribution is 2.43. The second kappa shape index (κ2) is 5.45. The molecule has 3 heteroatoms. The van der Waals surface area contributed by atoms with Crippen LogP contribution in [0, 0.1) is 5.92 Å². The van der Waals surface area contributed by atoms with Gasteiger partial charge in [0.15, 0.2) is 0 Å². The normalized spacial score (nSPS) is 24.7. The van der Waals surface area contributed by atoms with Crippen LogP contribution in [0.5, 0.6) is 0 Å². The standard InChI is InChI=1S/C18H27NO2/c1-12(13-6-8-14(19)9-7-13)10-16(20)15-11-17(2,3)21-18(15,4)5/h6-9,12,15H,10-11,19H2,1-5H3. The van der Waals surface area contributed by atoms with Gasteiger partial charge in [-0.3, -0.25) is 4.79 Å². The van der Waals surface area contributed by atoms with Gasteiger partial charge in [-0.25, -0.2) is 0 Å². The summed E-state index contributed by atoms with van der Waals surface area (Å²) in [6, 6.07) is 7.80. The number of hydrogen-bond donors (Lipinski definition) is 1. The number of anilines is 1. The average Bonchev–Trinajstić information content (AvgIpc) is 2.58. The average molecular weight is 289 g/mol. The van der Waals surface area contributed by atoms with Crippen LogP contribution in [0.15, 0.2) is 24.3 Å². The first-order chi connectivity index (χ1) is 9.61. The Labute approximate surface area is 127 Å². The fraction of sp³-hybridized carbons (Fsp3) is 0.611. The lowest BCUT2D eigenvalue weighted by atomic mass is 9.80. The van der Waals surface area contributed by atoms with Crippen molar-refractivity contribution in [3.63, 3.8) is 0 Å². The second-order valence-corrected chi connectivity index (χ2v) is 7.46. The van der Waals surface area contributed by atoms with Crippen LogP contribution in [0.25, 0.3) is 0 Å². The van der Waals surface area contributed by atoms with Crippen LogP contribution in [-0.4, -0.2) is 17.0 Å². The molecular weight excluding hydrogens is 262 g/mol. The number of nitrogens with two attached hydrogens (primary N) is 1. The van der Waals surface area contributed by atoms with Crippen LogP contribution in [0.4, 0.5) is 5.69 Å². The molecule has 3 nitrogen and oxygen atoms in total. The van der Waals surface area contributed by atoms with Gasteiger partial charge in [0.25, 0.3) is 0 Å². The van der Waals surface area contributed by atoms with Gasteiger partial charge in [-0.2, -0.15) is 0 Å². The van der Waals surface area contributed by atoms with Crippen LogP contribution < -0.4 is 5.73 Å². The molecule has 0 saturated carbocycles. The molecule has 0 spiro atoms. The number of benzene rings is 1. The number of rotatable bonds is 4. The molecule has 2 N–H and O–H groups in total. The SMILES string of the molecule is CC(CC(=O)C1CC(C)(C)OC1(C)C)c1ccc(N)cc1. The van der Waals surface area contributed by atoms with E-state index in [0.717, 1.165) is 17.7 Å². The molecule has 1 aromatic carbocycles. The smallest absolute Gasteiger partial charge is 0.139 e. The Morgan fingerprint density at radius 2 is 1.86 bits per heavy atom. The van der Waals surface area contributed by atoms with Crippen molar-refractivity contribution in [3.05, 3.63) is 29.8 Å². The van der Waals surface area contributed by atoms with Gasteiger partial charge in [0.05, 0.1) is 11.2 Å². The Kier molecular flexibility index (Phi) is 4.16. The van der Waals surface area contributed by atoms with Crippen molar-refractivity contribution in [2.24, 2.45) is 5.92 Å². The van der Waals surface area contributed by atoms with E-state index in [2.05, 4.69) is 20.8 Å². The maximum Gasteiger partial charge on any atom is 0.139 e. The van der Waals surface area contributed by atoms with Crippen molar-refractivity contribution in [1.29, 1.82) is 0 Å². The van der Waals surface area contributed by atoms with E-state index in [4.69, 9.17) is 10.5 Å². The zero-order valence-corrected chi connectivity index (χ0v) is 13.8. The van der Waals surface area contributed by atoms with Crippen molar-refractivity contribution in [1.82, 2.24) is 0 Å². The minimum atomic E-state index is -0.374. The number of hydrogen-bond acceptors (Lipinski definition) is 3. The van der Waals surface area contributed by atoms with Crippen LogP contribution in [0.1, 0.15) is 58.9 Å². The largest absolute Gasteiger partial charge is 0.399 e. The van der Waals surface area contributed by atoms with Crippen LogP contribution in [-0.2, 0) is 9.53 Å². The van der Waals surface area contributed by atoms with E-state index in [1.165, 1.54) is 0 Å². The van der Waals surface area contributed by atoms with Crippen molar-refractivity contribution in [2.45, 2.75) is 64.6 Å². The molecule has 1 aromatic rings. The maximum atomic E-state index is 12.7. The van der Waals surface area contributed by atoms with Gasteiger partial charge in [-0.1, -0.05) is 19.1 Å². The maximum absolute atomic E-state index is 12.7. The Morgan fingerprint density at radius 3 is 2.33 bits per heavy atom. The summed E-state index contributed by atoms with van der Waals surface area (Å²) in [6.07, 6.45) is 1.35. The van der Waals surface area contributed by atoms with Crippen molar-refractivity contribution in [2.75, 3.05) is 5.73 Å². The molecule has 0 radical (unpaired) electrons. The summed E-state index contributed by atoms with van der Waals surface area (Å²) in [6.45, 7) is 10.3. The minimum absolute atomic E-state index is 0.0243. The summed E-state index contributed by atoms with van der Waals surface area (Å²) in [5.74, 6) is 0.483. The molecule has 1 aliphatic rings. The van der Waals surface area contributed by atoms with Crippen LogP contribution in [0.2, 0.25) is 0 Å². The van der Waals surface area contributed by atoms with Gasteiger partial charge in [-0.15, -0.1) is 0 Å². The lowest BCUT2D eigenvalue weighted by molar-refractivity contribution is -0.129. The Hall–Kier alpha value is -1.35. The molecule has 2 unspecified atom stereocenters. The summed E-state index contributed by atoms with van der Waals surface area (Å²) in [5.41, 5.74) is 7.04. The number of ketones is 1. The number of carbonyl (C=O) groups is 1. The first kappa shape index (κ1) is 16.0. The van der Waals surface area contributed by atoms with Crippen molar-refractivity contribution in [3.8, 4) is 0 Å². The van der Waals surface area contributed by atoms with Gasteiger partial charge >= 0.3 is 0 Å². The highest BCUT2D eigenvalue weighted by atomic mass is 16.5. The number of carbonyl (C=O) groups excluding carboxylic acids is 1. The molecule has 1 heterocycles. The van der Waals surface area contributed by atoms with E-state index in [1.54, 1.807) is 0 Å². The van der Waals surface area contributed by atoms with E-state index >= 15 is 0 Å². The van der Waals surface area contributed by atoms with Crippen molar-refractivity contribution < 1.29 is 9.53 Å². The van der Waals surface area contributed by atoms with E-state index in [0.29, 0.717) is 12.2 Å². The predicted molar refractivity (Wildman–Crippen MR) is 86.2 cm³/mol. The third-order valence-corrected chi connectivity index (χ3v) is 4.48. The summed E-state index contributed by atoms with van der Waals surface area (Å²) in [4.78, 5) is 12.7. The highest BCUT2D eigenvalue weighted by molar-refractivity contribution is 5.83. The molecule has 2 rings (SSSR count). The molecule has 1 fully saturated rings. The molecule has 116 valence electrons. The lowest BCUT2D eigenvalue weighted by Crippen LogP contribution is -2.34. The van der Waals surface area contributed by atoms with E-state index in [1.807, 2.05) is 38.1 Å². The van der Waals surface area contributed by atoms with E-state index in [9.17, 15) is 4.79 Å². The molecule has 0 bridgehead atoms. The van der Waals surface area contributed by atoms with Crippen LogP contribution >= 0.6 is 0 Å². The van der Waals surface area contributed by atoms with Crippen molar-refractivity contribution >= 4 is 11.5 Å². The lowest BCUT2D eigenvalue weighted by Gasteiger charge is -2.27. The Balaban J connectivity index is 2.06. The molecule has 1 saturated heterocycles. The molecular formula is C18H27NO2. The van der Waals surface area contributed by atoms with Gasteiger partial charge < -0.3 is 10.5 Å².